The zero-order chi connectivity index (χ0) is 13.2. The maximum atomic E-state index is 11.2. The van der Waals surface area contributed by atoms with E-state index in [9.17, 15) is 18.5 Å². The van der Waals surface area contributed by atoms with E-state index in [2.05, 4.69) is 0 Å². The van der Waals surface area contributed by atoms with Crippen molar-refractivity contribution >= 4 is 25.4 Å². The van der Waals surface area contributed by atoms with E-state index in [1.807, 2.05) is 0 Å². The van der Waals surface area contributed by atoms with Crippen LogP contribution in [-0.4, -0.2) is 20.5 Å². The van der Waals surface area contributed by atoms with Gasteiger partial charge in [-0.15, -0.1) is 0 Å². The fourth-order valence-corrected chi connectivity index (χ4v) is 2.16. The van der Waals surface area contributed by atoms with Crippen LogP contribution < -0.4 is 4.74 Å². The van der Waals surface area contributed by atoms with E-state index in [1.165, 1.54) is 13.2 Å². The first-order chi connectivity index (χ1) is 7.81. The van der Waals surface area contributed by atoms with E-state index >= 15 is 0 Å². The first kappa shape index (κ1) is 13.2. The third-order valence-electron chi connectivity index (χ3n) is 1.86. The molecule has 0 aliphatic carbocycles. The summed E-state index contributed by atoms with van der Waals surface area (Å²) < 4.78 is 27.1. The molecule has 0 bridgehead atoms. The van der Waals surface area contributed by atoms with Gasteiger partial charge >= 0.3 is 0 Å². The van der Waals surface area contributed by atoms with Crippen LogP contribution in [0.5, 0.6) is 5.75 Å². The minimum atomic E-state index is -4.27. The van der Waals surface area contributed by atoms with Crippen LogP contribution in [0.4, 0.5) is 5.69 Å². The third-order valence-corrected chi connectivity index (χ3v) is 3.21. The average Bonchev–Trinajstić information content (AvgIpc) is 2.25. The maximum Gasteiger partial charge on any atom is 0.292 e. The molecule has 0 amide bonds. The van der Waals surface area contributed by atoms with Crippen molar-refractivity contribution in [3.05, 3.63) is 27.8 Å². The number of nitro groups is 1. The fraction of sp³-hybridized carbons (Fsp3) is 0.125. The lowest BCUT2D eigenvalue weighted by Gasteiger charge is -2.04. The van der Waals surface area contributed by atoms with Crippen molar-refractivity contribution in [3.8, 4) is 11.8 Å². The highest BCUT2D eigenvalue weighted by molar-refractivity contribution is 8.13. The second kappa shape index (κ2) is 4.57. The summed E-state index contributed by atoms with van der Waals surface area (Å²) in [7, 11) is 2.03. The van der Waals surface area contributed by atoms with Gasteiger partial charge in [-0.1, -0.05) is 0 Å². The smallest absolute Gasteiger partial charge is 0.292 e. The fourth-order valence-electron chi connectivity index (χ4n) is 1.14. The molecule has 0 unspecified atom stereocenters. The third kappa shape index (κ3) is 2.64. The number of halogens is 1. The first-order valence-electron chi connectivity index (χ1n) is 4.02. The molecule has 0 aromatic heterocycles. The number of rotatable bonds is 3. The lowest BCUT2D eigenvalue weighted by molar-refractivity contribution is -0.385. The van der Waals surface area contributed by atoms with Gasteiger partial charge in [0.25, 0.3) is 14.7 Å². The van der Waals surface area contributed by atoms with E-state index in [0.717, 1.165) is 12.1 Å². The summed E-state index contributed by atoms with van der Waals surface area (Å²) in [4.78, 5) is 9.16. The molecule has 0 aliphatic heterocycles. The van der Waals surface area contributed by atoms with E-state index in [-0.39, 0.29) is 5.75 Å². The number of benzene rings is 1. The molecule has 7 nitrogen and oxygen atoms in total. The first-order valence-corrected chi connectivity index (χ1v) is 6.33. The summed E-state index contributed by atoms with van der Waals surface area (Å²) in [6.07, 6.45) is 0. The lowest BCUT2D eigenvalue weighted by Crippen LogP contribution is -2.01. The van der Waals surface area contributed by atoms with Gasteiger partial charge in [0, 0.05) is 16.7 Å². The molecule has 0 spiro atoms. The zero-order valence-corrected chi connectivity index (χ0v) is 9.95. The molecule has 0 saturated carbocycles. The van der Waals surface area contributed by atoms with Crippen molar-refractivity contribution in [2.75, 3.05) is 7.11 Å². The molecule has 90 valence electrons. The largest absolute Gasteiger partial charge is 0.496 e. The van der Waals surface area contributed by atoms with Crippen LogP contribution >= 0.6 is 10.7 Å². The van der Waals surface area contributed by atoms with Gasteiger partial charge < -0.3 is 4.74 Å². The maximum absolute atomic E-state index is 11.2. The molecule has 1 aromatic rings. The molecular weight excluding hydrogens is 272 g/mol. The molecule has 1 rings (SSSR count). The van der Waals surface area contributed by atoms with Gasteiger partial charge in [-0.2, -0.15) is 5.26 Å². The Hall–Kier alpha value is -1.85. The van der Waals surface area contributed by atoms with E-state index in [1.54, 1.807) is 0 Å². The predicted molar refractivity (Wildman–Crippen MR) is 57.4 cm³/mol. The number of hydrogen-bond acceptors (Lipinski definition) is 6. The van der Waals surface area contributed by atoms with Crippen molar-refractivity contribution in [2.45, 2.75) is 4.90 Å². The molecule has 0 radical (unpaired) electrons. The lowest BCUT2D eigenvalue weighted by atomic mass is 10.2. The summed E-state index contributed by atoms with van der Waals surface area (Å²) in [5.41, 5.74) is -1.29. The van der Waals surface area contributed by atoms with Gasteiger partial charge in [-0.3, -0.25) is 10.1 Å². The van der Waals surface area contributed by atoms with Crippen LogP contribution in [0.25, 0.3) is 0 Å². The van der Waals surface area contributed by atoms with Crippen molar-refractivity contribution in [1.82, 2.24) is 0 Å². The Morgan fingerprint density at radius 3 is 2.47 bits per heavy atom. The number of ether oxygens (including phenoxy) is 1. The van der Waals surface area contributed by atoms with E-state index in [0.29, 0.717) is 0 Å². The van der Waals surface area contributed by atoms with Crippen molar-refractivity contribution in [1.29, 1.82) is 5.26 Å². The molecule has 9 heteroatoms. The molecule has 1 aromatic carbocycles. The van der Waals surface area contributed by atoms with Crippen molar-refractivity contribution in [3.63, 3.8) is 0 Å². The van der Waals surface area contributed by atoms with Crippen LogP contribution in [0.2, 0.25) is 0 Å². The van der Waals surface area contributed by atoms with Crippen LogP contribution in [0.1, 0.15) is 5.56 Å². The number of nitro benzene ring substituents is 1. The highest BCUT2D eigenvalue weighted by Gasteiger charge is 2.26. The molecule has 0 aliphatic rings. The Morgan fingerprint density at radius 1 is 1.53 bits per heavy atom. The van der Waals surface area contributed by atoms with E-state index in [4.69, 9.17) is 20.7 Å². The van der Waals surface area contributed by atoms with Gasteiger partial charge in [-0.25, -0.2) is 8.42 Å². The van der Waals surface area contributed by atoms with Gasteiger partial charge in [0.2, 0.25) is 0 Å². The van der Waals surface area contributed by atoms with E-state index < -0.39 is 30.1 Å². The number of nitrogens with zero attached hydrogens (tertiary/aromatic N) is 2. The summed E-state index contributed by atoms with van der Waals surface area (Å²) >= 11 is 0. The minimum Gasteiger partial charge on any atom is -0.496 e. The molecule has 0 atom stereocenters. The molecule has 0 saturated heterocycles. The number of nitriles is 1. The Balaban J connectivity index is 3.77. The minimum absolute atomic E-state index is 0.0741. The summed E-state index contributed by atoms with van der Waals surface area (Å²) in [6.45, 7) is 0. The van der Waals surface area contributed by atoms with Crippen LogP contribution in [0.3, 0.4) is 0 Å². The summed E-state index contributed by atoms with van der Waals surface area (Å²) in [6, 6.07) is 3.34. The molecule has 0 fully saturated rings. The van der Waals surface area contributed by atoms with Gasteiger partial charge in [0.15, 0.2) is 0 Å². The Morgan fingerprint density at radius 2 is 2.12 bits per heavy atom. The van der Waals surface area contributed by atoms with Gasteiger partial charge in [0.05, 0.1) is 18.1 Å². The monoisotopic (exact) mass is 276 g/mol. The molecule has 0 heterocycles. The highest BCUT2D eigenvalue weighted by Crippen LogP contribution is 2.32. The molecule has 17 heavy (non-hydrogen) atoms. The Labute approximate surface area is 101 Å². The Kier molecular flexibility index (Phi) is 3.55. The molecule has 0 N–H and O–H groups in total. The number of hydrogen-bond donors (Lipinski definition) is 0. The van der Waals surface area contributed by atoms with Gasteiger partial charge in [-0.05, 0) is 0 Å². The standard InChI is InChI=1S/C8H5ClN2O5S/c1-16-5-2-7(11(12)13)6(4-10)8(3-5)17(9,14)15/h2-3H,1H3. The topological polar surface area (TPSA) is 110 Å². The molecular formula is C8H5ClN2O5S. The normalized spacial score (nSPS) is 10.6. The van der Waals surface area contributed by atoms with Crippen LogP contribution in [0, 0.1) is 21.4 Å². The highest BCUT2D eigenvalue weighted by atomic mass is 35.7. The predicted octanol–water partition coefficient (Wildman–Crippen LogP) is 1.40. The van der Waals surface area contributed by atoms with Crippen molar-refractivity contribution < 1.29 is 18.1 Å². The van der Waals surface area contributed by atoms with Crippen LogP contribution in [-0.2, 0) is 9.05 Å². The summed E-state index contributed by atoms with van der Waals surface area (Å²) in [5, 5.41) is 19.4. The zero-order valence-electron chi connectivity index (χ0n) is 8.38. The van der Waals surface area contributed by atoms with Crippen molar-refractivity contribution in [2.24, 2.45) is 0 Å². The summed E-state index contributed by atoms with van der Waals surface area (Å²) in [5.74, 6) is -0.0741. The Bertz CT molecular complexity index is 620. The SMILES string of the molecule is COc1cc([N+](=O)[O-])c(C#N)c(S(=O)(=O)Cl)c1. The van der Waals surface area contributed by atoms with Crippen LogP contribution in [0.15, 0.2) is 17.0 Å². The number of methoxy groups -OCH3 is 1. The quantitative estimate of drug-likeness (QED) is 0.469. The average molecular weight is 277 g/mol. The van der Waals surface area contributed by atoms with Gasteiger partial charge in [0.1, 0.15) is 22.3 Å². The second-order valence-electron chi connectivity index (χ2n) is 2.83. The second-order valence-corrected chi connectivity index (χ2v) is 5.36.